The number of rotatable bonds is 4. The molecule has 0 spiro atoms. The highest BCUT2D eigenvalue weighted by Crippen LogP contribution is 2.27. The maximum Gasteiger partial charge on any atom is 0.126 e. The van der Waals surface area contributed by atoms with Crippen LogP contribution in [0.5, 0.6) is 0 Å². The number of hydrogen-bond donors (Lipinski definition) is 0. The van der Waals surface area contributed by atoms with Crippen LogP contribution in [-0.4, -0.2) is 5.33 Å². The van der Waals surface area contributed by atoms with Gasteiger partial charge in [0.15, 0.2) is 0 Å². The van der Waals surface area contributed by atoms with Crippen molar-refractivity contribution in [3.8, 4) is 0 Å². The van der Waals surface area contributed by atoms with E-state index < -0.39 is 0 Å². The zero-order chi connectivity index (χ0) is 10.6. The van der Waals surface area contributed by atoms with E-state index >= 15 is 0 Å². The van der Waals surface area contributed by atoms with Gasteiger partial charge in [-0.25, -0.2) is 4.39 Å². The smallest absolute Gasteiger partial charge is 0.126 e. The first kappa shape index (κ1) is 11.7. The molecule has 0 amide bonds. The second-order valence-electron chi connectivity index (χ2n) is 4.00. The maximum atomic E-state index is 13.5. The van der Waals surface area contributed by atoms with Crippen LogP contribution in [0.2, 0.25) is 0 Å². The van der Waals surface area contributed by atoms with E-state index in [9.17, 15) is 4.39 Å². The first-order chi connectivity index (χ1) is 6.65. The molecule has 0 saturated carbocycles. The van der Waals surface area contributed by atoms with Gasteiger partial charge in [0.05, 0.1) is 0 Å². The Morgan fingerprint density at radius 3 is 2.43 bits per heavy atom. The molecule has 0 heterocycles. The molecule has 0 aliphatic rings. The topological polar surface area (TPSA) is 0 Å². The molecule has 0 nitrogen and oxygen atoms in total. The molecule has 2 heteroatoms. The van der Waals surface area contributed by atoms with Crippen LogP contribution < -0.4 is 0 Å². The summed E-state index contributed by atoms with van der Waals surface area (Å²) in [5.74, 6) is 0.797. The lowest BCUT2D eigenvalue weighted by Crippen LogP contribution is -2.06. The summed E-state index contributed by atoms with van der Waals surface area (Å²) in [6.07, 6.45) is 1.02. The number of halogens is 2. The van der Waals surface area contributed by atoms with Gasteiger partial charge >= 0.3 is 0 Å². The van der Waals surface area contributed by atoms with Gasteiger partial charge in [-0.3, -0.25) is 0 Å². The molecule has 1 atom stereocenters. The molecule has 0 saturated heterocycles. The van der Waals surface area contributed by atoms with Crippen LogP contribution in [0.15, 0.2) is 24.3 Å². The first-order valence-electron chi connectivity index (χ1n) is 4.95. The van der Waals surface area contributed by atoms with E-state index in [1.165, 1.54) is 6.07 Å². The monoisotopic (exact) mass is 258 g/mol. The molecule has 1 aromatic rings. The van der Waals surface area contributed by atoms with Crippen LogP contribution in [0.25, 0.3) is 0 Å². The molecule has 0 fully saturated rings. The van der Waals surface area contributed by atoms with E-state index in [0.717, 1.165) is 17.3 Å². The summed E-state index contributed by atoms with van der Waals surface area (Å²) in [6.45, 7) is 4.33. The fraction of sp³-hybridized carbons (Fsp3) is 0.500. The number of benzene rings is 1. The van der Waals surface area contributed by atoms with E-state index in [1.807, 2.05) is 12.1 Å². The summed E-state index contributed by atoms with van der Waals surface area (Å²) in [4.78, 5) is 0. The fourth-order valence-corrected chi connectivity index (χ4v) is 2.26. The van der Waals surface area contributed by atoms with E-state index in [0.29, 0.717) is 5.92 Å². The summed E-state index contributed by atoms with van der Waals surface area (Å²) < 4.78 is 13.5. The standard InChI is InChI=1S/C12H16BrF/c1-9(2)7-10(8-13)11-5-3-4-6-12(11)14/h3-6,9-10H,7-8H2,1-2H3. The Kier molecular flexibility index (Phi) is 4.59. The summed E-state index contributed by atoms with van der Waals surface area (Å²) in [5.41, 5.74) is 0.832. The summed E-state index contributed by atoms with van der Waals surface area (Å²) in [7, 11) is 0. The van der Waals surface area contributed by atoms with Crippen molar-refractivity contribution in [2.75, 3.05) is 5.33 Å². The van der Waals surface area contributed by atoms with E-state index in [4.69, 9.17) is 0 Å². The molecule has 0 aliphatic heterocycles. The van der Waals surface area contributed by atoms with E-state index in [1.54, 1.807) is 6.07 Å². The van der Waals surface area contributed by atoms with Gasteiger partial charge in [-0.2, -0.15) is 0 Å². The highest BCUT2D eigenvalue weighted by Gasteiger charge is 2.15. The van der Waals surface area contributed by atoms with Crippen molar-refractivity contribution in [3.63, 3.8) is 0 Å². The second-order valence-corrected chi connectivity index (χ2v) is 4.65. The Morgan fingerprint density at radius 1 is 1.29 bits per heavy atom. The van der Waals surface area contributed by atoms with Crippen LogP contribution >= 0.6 is 15.9 Å². The third kappa shape index (κ3) is 3.09. The van der Waals surface area contributed by atoms with Gasteiger partial charge < -0.3 is 0 Å². The van der Waals surface area contributed by atoms with Crippen molar-refractivity contribution in [2.24, 2.45) is 5.92 Å². The number of hydrogen-bond acceptors (Lipinski definition) is 0. The molecule has 1 rings (SSSR count). The summed E-state index contributed by atoms with van der Waals surface area (Å²) in [6, 6.07) is 7.04. The van der Waals surface area contributed by atoms with Crippen LogP contribution in [0.4, 0.5) is 4.39 Å². The van der Waals surface area contributed by atoms with Crippen molar-refractivity contribution in [3.05, 3.63) is 35.6 Å². The average molecular weight is 259 g/mol. The first-order valence-corrected chi connectivity index (χ1v) is 6.07. The van der Waals surface area contributed by atoms with Gasteiger partial charge in [-0.1, -0.05) is 48.0 Å². The van der Waals surface area contributed by atoms with Gasteiger partial charge in [-0.15, -0.1) is 0 Å². The normalized spacial score (nSPS) is 13.2. The molecule has 1 aromatic carbocycles. The largest absolute Gasteiger partial charge is 0.207 e. The molecular formula is C12H16BrF. The lowest BCUT2D eigenvalue weighted by Gasteiger charge is -2.17. The van der Waals surface area contributed by atoms with E-state index in [-0.39, 0.29) is 11.7 Å². The molecule has 1 unspecified atom stereocenters. The Labute approximate surface area is 93.7 Å². The van der Waals surface area contributed by atoms with Gasteiger partial charge in [-0.05, 0) is 29.9 Å². The van der Waals surface area contributed by atoms with Crippen LogP contribution in [0.3, 0.4) is 0 Å². The highest BCUT2D eigenvalue weighted by molar-refractivity contribution is 9.09. The van der Waals surface area contributed by atoms with Crippen LogP contribution in [0, 0.1) is 11.7 Å². The van der Waals surface area contributed by atoms with Crippen molar-refractivity contribution >= 4 is 15.9 Å². The lowest BCUT2D eigenvalue weighted by atomic mass is 9.92. The highest BCUT2D eigenvalue weighted by atomic mass is 79.9. The minimum absolute atomic E-state index is 0.0856. The maximum absolute atomic E-state index is 13.5. The Balaban J connectivity index is 2.83. The van der Waals surface area contributed by atoms with Gasteiger partial charge in [0.1, 0.15) is 5.82 Å². The SMILES string of the molecule is CC(C)CC(CBr)c1ccccc1F. The molecular weight excluding hydrogens is 243 g/mol. The molecule has 0 bridgehead atoms. The number of alkyl halides is 1. The fourth-order valence-electron chi connectivity index (χ4n) is 1.65. The van der Waals surface area contributed by atoms with Gasteiger partial charge in [0, 0.05) is 5.33 Å². The molecule has 0 aromatic heterocycles. The quantitative estimate of drug-likeness (QED) is 0.705. The predicted molar refractivity (Wildman–Crippen MR) is 62.4 cm³/mol. The minimum atomic E-state index is -0.0856. The van der Waals surface area contributed by atoms with Gasteiger partial charge in [0.2, 0.25) is 0 Å². The molecule has 78 valence electrons. The minimum Gasteiger partial charge on any atom is -0.207 e. The van der Waals surface area contributed by atoms with Crippen molar-refractivity contribution in [1.29, 1.82) is 0 Å². The predicted octanol–water partition coefficient (Wildman–Crippen LogP) is 4.35. The Hall–Kier alpha value is -0.370. The molecule has 14 heavy (non-hydrogen) atoms. The zero-order valence-electron chi connectivity index (χ0n) is 8.63. The van der Waals surface area contributed by atoms with Crippen molar-refractivity contribution in [2.45, 2.75) is 26.2 Å². The van der Waals surface area contributed by atoms with Gasteiger partial charge in [0.25, 0.3) is 0 Å². The second kappa shape index (κ2) is 5.50. The molecule has 0 radical (unpaired) electrons. The summed E-state index contributed by atoms with van der Waals surface area (Å²) >= 11 is 3.45. The van der Waals surface area contributed by atoms with E-state index in [2.05, 4.69) is 29.8 Å². The third-order valence-corrected chi connectivity index (χ3v) is 3.07. The third-order valence-electron chi connectivity index (χ3n) is 2.29. The van der Waals surface area contributed by atoms with Crippen molar-refractivity contribution in [1.82, 2.24) is 0 Å². The Bertz CT molecular complexity index is 283. The molecule has 0 N–H and O–H groups in total. The zero-order valence-corrected chi connectivity index (χ0v) is 10.2. The van der Waals surface area contributed by atoms with Crippen LogP contribution in [0.1, 0.15) is 31.7 Å². The Morgan fingerprint density at radius 2 is 1.93 bits per heavy atom. The molecule has 0 aliphatic carbocycles. The van der Waals surface area contributed by atoms with Crippen molar-refractivity contribution < 1.29 is 4.39 Å². The van der Waals surface area contributed by atoms with Crippen LogP contribution in [-0.2, 0) is 0 Å². The lowest BCUT2D eigenvalue weighted by molar-refractivity contribution is 0.507. The average Bonchev–Trinajstić information content (AvgIpc) is 2.15. The summed E-state index contributed by atoms with van der Waals surface area (Å²) in [5, 5.41) is 0.826.